The van der Waals surface area contributed by atoms with Gasteiger partial charge in [-0.1, -0.05) is 81.4 Å². The van der Waals surface area contributed by atoms with E-state index in [0.29, 0.717) is 18.6 Å². The first-order chi connectivity index (χ1) is 18.1. The van der Waals surface area contributed by atoms with Gasteiger partial charge in [-0.25, -0.2) is 4.89 Å². The van der Waals surface area contributed by atoms with Gasteiger partial charge in [0.25, 0.3) is 8.32 Å². The van der Waals surface area contributed by atoms with Crippen LogP contribution in [0, 0.1) is 10.8 Å². The topological polar surface area (TPSA) is 71.1 Å². The van der Waals surface area contributed by atoms with Crippen LogP contribution in [-0.4, -0.2) is 45.0 Å². The third-order valence-electron chi connectivity index (χ3n) is 8.55. The van der Waals surface area contributed by atoms with Gasteiger partial charge in [0.05, 0.1) is 16.4 Å². The van der Waals surface area contributed by atoms with Gasteiger partial charge >= 0.3 is 0 Å². The zero-order valence-electron chi connectivity index (χ0n) is 24.7. The number of carbonyl (C=O) groups is 2. The van der Waals surface area contributed by atoms with Crippen LogP contribution in [0.1, 0.15) is 61.8 Å². The molecule has 2 aromatic rings. The molecule has 0 aromatic heterocycles. The maximum absolute atomic E-state index is 13.6. The van der Waals surface area contributed by atoms with Gasteiger partial charge in [-0.3, -0.25) is 9.59 Å². The van der Waals surface area contributed by atoms with Crippen LogP contribution in [0.2, 0.25) is 5.04 Å². The summed E-state index contributed by atoms with van der Waals surface area (Å²) in [5, 5.41) is 2.21. The first kappa shape index (κ1) is 29.6. The Bertz CT molecular complexity index is 1220. The van der Waals surface area contributed by atoms with E-state index in [4.69, 9.17) is 18.9 Å². The fraction of sp³-hybridized carbons (Fsp3) is 0.500. The Hall–Kier alpha value is -2.42. The fourth-order valence-corrected chi connectivity index (χ4v) is 10.9. The summed E-state index contributed by atoms with van der Waals surface area (Å²) in [5.41, 5.74) is -2.99. The standard InChI is InChI=1S/C32H42O6Si/c1-28(2,3)39(23-16-12-10-13-17-23,24-18-14-11-15-19-24)36-21-20-31(8)22-25-26(33)29(4,5)27(34)30(6,7)32(25,35-9)38-37-31/h10-19,22H,20-21H2,1-9H3/t31-,32+/m0/s1. The molecular weight excluding hydrogens is 508 g/mol. The molecule has 0 amide bonds. The van der Waals surface area contributed by atoms with Crippen molar-refractivity contribution in [3.05, 3.63) is 72.3 Å². The van der Waals surface area contributed by atoms with Crippen LogP contribution in [-0.2, 0) is 28.5 Å². The highest BCUT2D eigenvalue weighted by atomic mass is 28.4. The van der Waals surface area contributed by atoms with Crippen molar-refractivity contribution in [3.8, 4) is 0 Å². The molecule has 1 aliphatic carbocycles. The molecule has 1 heterocycles. The van der Waals surface area contributed by atoms with Crippen molar-refractivity contribution in [2.45, 2.75) is 78.2 Å². The molecule has 0 N–H and O–H groups in total. The molecule has 2 aliphatic rings. The van der Waals surface area contributed by atoms with E-state index in [1.54, 1.807) is 33.8 Å². The van der Waals surface area contributed by atoms with E-state index in [0.717, 1.165) is 0 Å². The van der Waals surface area contributed by atoms with Gasteiger partial charge in [0.15, 0.2) is 11.6 Å². The van der Waals surface area contributed by atoms with Crippen molar-refractivity contribution < 1.29 is 28.5 Å². The monoisotopic (exact) mass is 550 g/mol. The number of rotatable bonds is 7. The number of carbonyl (C=O) groups excluding carboxylic acids is 2. The van der Waals surface area contributed by atoms with Crippen molar-refractivity contribution in [1.82, 2.24) is 0 Å². The largest absolute Gasteiger partial charge is 0.407 e. The van der Waals surface area contributed by atoms with Crippen molar-refractivity contribution in [1.29, 1.82) is 0 Å². The minimum Gasteiger partial charge on any atom is -0.407 e. The van der Waals surface area contributed by atoms with Gasteiger partial charge in [0, 0.05) is 20.1 Å². The first-order valence-electron chi connectivity index (χ1n) is 13.6. The Balaban J connectivity index is 1.71. The predicted octanol–water partition coefficient (Wildman–Crippen LogP) is 5.15. The van der Waals surface area contributed by atoms with E-state index in [1.807, 2.05) is 19.1 Å². The number of hydrogen-bond donors (Lipinski definition) is 0. The number of methoxy groups -OCH3 is 1. The molecular formula is C32H42O6Si. The Kier molecular flexibility index (Phi) is 7.50. The van der Waals surface area contributed by atoms with Gasteiger partial charge < -0.3 is 9.16 Å². The highest BCUT2D eigenvalue weighted by Crippen LogP contribution is 2.55. The van der Waals surface area contributed by atoms with Crippen molar-refractivity contribution in [3.63, 3.8) is 0 Å². The summed E-state index contributed by atoms with van der Waals surface area (Å²) in [6.07, 6.45) is 2.22. The normalized spacial score (nSPS) is 26.6. The quantitative estimate of drug-likeness (QED) is 0.270. The molecule has 7 heteroatoms. The van der Waals surface area contributed by atoms with Gasteiger partial charge in [0.1, 0.15) is 5.60 Å². The van der Waals surface area contributed by atoms with Crippen molar-refractivity contribution in [2.75, 3.05) is 13.7 Å². The van der Waals surface area contributed by atoms with Crippen LogP contribution in [0.25, 0.3) is 0 Å². The second-order valence-electron chi connectivity index (χ2n) is 13.0. The van der Waals surface area contributed by atoms with Gasteiger partial charge in [0.2, 0.25) is 5.79 Å². The van der Waals surface area contributed by atoms with Crippen molar-refractivity contribution >= 4 is 30.3 Å². The number of fused-ring (bicyclic) bond motifs is 1. The van der Waals surface area contributed by atoms with Crippen LogP contribution in [0.15, 0.2) is 72.3 Å². The minimum absolute atomic E-state index is 0.169. The van der Waals surface area contributed by atoms with Gasteiger partial charge in [-0.15, -0.1) is 0 Å². The Morgan fingerprint density at radius 3 is 1.79 bits per heavy atom. The van der Waals surface area contributed by atoms with E-state index in [9.17, 15) is 9.59 Å². The zero-order valence-corrected chi connectivity index (χ0v) is 25.7. The number of hydrogen-bond acceptors (Lipinski definition) is 6. The Morgan fingerprint density at radius 2 is 1.33 bits per heavy atom. The summed E-state index contributed by atoms with van der Waals surface area (Å²) < 4.78 is 12.8. The molecule has 6 nitrogen and oxygen atoms in total. The summed E-state index contributed by atoms with van der Waals surface area (Å²) in [6.45, 7) is 15.7. The molecule has 39 heavy (non-hydrogen) atoms. The average molecular weight is 551 g/mol. The highest BCUT2D eigenvalue weighted by molar-refractivity contribution is 6.99. The summed E-state index contributed by atoms with van der Waals surface area (Å²) in [6, 6.07) is 20.9. The maximum Gasteiger partial charge on any atom is 0.261 e. The molecule has 1 aliphatic heterocycles. The number of ether oxygens (including phenoxy) is 1. The smallest absolute Gasteiger partial charge is 0.261 e. The van der Waals surface area contributed by atoms with Crippen LogP contribution in [0.4, 0.5) is 0 Å². The number of benzene rings is 2. The SMILES string of the molecule is CO[C@@]12OO[C@@](C)(CCO[Si](c3ccccc3)(c3ccccc3)C(C)(C)C)C=C1C(=O)C(C)(C)C(=O)C2(C)C. The van der Waals surface area contributed by atoms with E-state index in [2.05, 4.69) is 69.3 Å². The lowest BCUT2D eigenvalue weighted by molar-refractivity contribution is -0.469. The fourth-order valence-electron chi connectivity index (χ4n) is 6.33. The lowest BCUT2D eigenvalue weighted by Gasteiger charge is -2.54. The molecule has 0 saturated heterocycles. The second-order valence-corrected chi connectivity index (χ2v) is 17.3. The number of Topliss-reactive ketones (excluding diaryl/α,β-unsaturated/α-hetero) is 2. The lowest BCUT2D eigenvalue weighted by atomic mass is 9.57. The molecule has 2 atom stereocenters. The van der Waals surface area contributed by atoms with Crippen LogP contribution < -0.4 is 10.4 Å². The van der Waals surface area contributed by atoms with Crippen LogP contribution >= 0.6 is 0 Å². The molecule has 0 bridgehead atoms. The number of ketones is 2. The zero-order chi connectivity index (χ0) is 28.9. The van der Waals surface area contributed by atoms with E-state index in [1.165, 1.54) is 17.5 Å². The summed E-state index contributed by atoms with van der Waals surface area (Å²) in [5.74, 6) is -2.17. The molecule has 1 saturated carbocycles. The molecule has 210 valence electrons. The summed E-state index contributed by atoms with van der Waals surface area (Å²) >= 11 is 0. The minimum atomic E-state index is -2.75. The van der Waals surface area contributed by atoms with E-state index < -0.39 is 30.5 Å². The summed E-state index contributed by atoms with van der Waals surface area (Å²) in [7, 11) is -1.31. The van der Waals surface area contributed by atoms with Gasteiger partial charge in [-0.05, 0) is 56.1 Å². The third kappa shape index (κ3) is 4.48. The van der Waals surface area contributed by atoms with Crippen LogP contribution in [0.5, 0.6) is 0 Å². The molecule has 2 aromatic carbocycles. The maximum atomic E-state index is 13.6. The summed E-state index contributed by atoms with van der Waals surface area (Å²) in [4.78, 5) is 38.9. The van der Waals surface area contributed by atoms with E-state index >= 15 is 0 Å². The average Bonchev–Trinajstić information content (AvgIpc) is 2.90. The third-order valence-corrected chi connectivity index (χ3v) is 13.6. The molecule has 0 unspecified atom stereocenters. The van der Waals surface area contributed by atoms with Gasteiger partial charge in [-0.2, -0.15) is 4.89 Å². The highest BCUT2D eigenvalue weighted by Gasteiger charge is 2.68. The first-order valence-corrected chi connectivity index (χ1v) is 15.5. The Morgan fingerprint density at radius 1 is 0.821 bits per heavy atom. The second kappa shape index (κ2) is 9.89. The molecule has 0 spiro atoms. The van der Waals surface area contributed by atoms with E-state index in [-0.39, 0.29) is 16.6 Å². The molecule has 4 rings (SSSR count). The predicted molar refractivity (Wildman–Crippen MR) is 154 cm³/mol. The molecule has 0 radical (unpaired) electrons. The van der Waals surface area contributed by atoms with Crippen molar-refractivity contribution in [2.24, 2.45) is 10.8 Å². The molecule has 1 fully saturated rings. The van der Waals surface area contributed by atoms with Crippen LogP contribution in [0.3, 0.4) is 0 Å². The Labute approximate surface area is 233 Å². The lowest BCUT2D eigenvalue weighted by Crippen LogP contribution is -2.68.